The minimum Gasteiger partial charge on any atom is -0.0841 e. The zero-order valence-electron chi connectivity index (χ0n) is 12.5. The third-order valence-corrected chi connectivity index (χ3v) is 8.07. The van der Waals surface area contributed by atoms with Gasteiger partial charge in [-0.25, -0.2) is 0 Å². The minimum absolute atomic E-state index is 0.446. The maximum absolute atomic E-state index is 2.57. The molecule has 0 spiro atoms. The standard InChI is InChI=1S/C22H18/c1-2-6-16-15(5-1)19-12-20(16)22-14-10-9-13(11-14)21(19,22)17-7-3-4-8-18(17)22/h1-10,13-14,19-20H,11-12H2/t13-,14-,19+,20+,21-,22+/m0/s1. The molecule has 0 heterocycles. The topological polar surface area (TPSA) is 0 Å². The van der Waals surface area contributed by atoms with Crippen molar-refractivity contribution in [3.8, 4) is 0 Å². The highest BCUT2D eigenvalue weighted by Crippen LogP contribution is 2.87. The summed E-state index contributed by atoms with van der Waals surface area (Å²) in [6, 6.07) is 18.8. The summed E-state index contributed by atoms with van der Waals surface area (Å²) >= 11 is 0. The Morgan fingerprint density at radius 1 is 0.636 bits per heavy atom. The molecule has 5 aliphatic carbocycles. The molecule has 7 rings (SSSR count). The van der Waals surface area contributed by atoms with E-state index in [-0.39, 0.29) is 0 Å². The van der Waals surface area contributed by atoms with Crippen molar-refractivity contribution in [2.75, 3.05) is 0 Å². The van der Waals surface area contributed by atoms with Crippen LogP contribution < -0.4 is 0 Å². The summed E-state index contributed by atoms with van der Waals surface area (Å²) in [5, 5.41) is 0. The Bertz CT molecular complexity index is 820. The molecule has 6 atom stereocenters. The fourth-order valence-electron chi connectivity index (χ4n) is 7.94. The Labute approximate surface area is 130 Å². The van der Waals surface area contributed by atoms with Gasteiger partial charge in [-0.05, 0) is 58.8 Å². The molecule has 0 aliphatic heterocycles. The maximum Gasteiger partial charge on any atom is 0.0196 e. The predicted octanol–water partition coefficient (Wildman–Crippen LogP) is 4.67. The van der Waals surface area contributed by atoms with Gasteiger partial charge in [-0.3, -0.25) is 0 Å². The molecule has 0 N–H and O–H groups in total. The third-order valence-electron chi connectivity index (χ3n) is 8.07. The lowest BCUT2D eigenvalue weighted by Gasteiger charge is -2.64. The van der Waals surface area contributed by atoms with Gasteiger partial charge in [-0.1, -0.05) is 60.7 Å². The molecule has 5 aliphatic rings. The first-order chi connectivity index (χ1) is 10.9. The zero-order valence-corrected chi connectivity index (χ0v) is 12.5. The molecule has 0 radical (unpaired) electrons. The van der Waals surface area contributed by atoms with E-state index in [0.29, 0.717) is 10.8 Å². The van der Waals surface area contributed by atoms with E-state index in [1.165, 1.54) is 12.8 Å². The molecule has 106 valence electrons. The highest BCUT2D eigenvalue weighted by molar-refractivity contribution is 5.72. The number of rotatable bonds is 0. The second-order valence-electron chi connectivity index (χ2n) is 8.09. The summed E-state index contributed by atoms with van der Waals surface area (Å²) < 4.78 is 0. The quantitative estimate of drug-likeness (QED) is 0.616. The first-order valence-corrected chi connectivity index (χ1v) is 8.77. The van der Waals surface area contributed by atoms with Gasteiger partial charge in [-0.2, -0.15) is 0 Å². The summed E-state index contributed by atoms with van der Waals surface area (Å²) in [5.41, 5.74) is 7.66. The molecule has 0 unspecified atom stereocenters. The van der Waals surface area contributed by atoms with Crippen molar-refractivity contribution < 1.29 is 0 Å². The van der Waals surface area contributed by atoms with Crippen LogP contribution in [0.2, 0.25) is 0 Å². The normalized spacial score (nSPS) is 46.9. The van der Waals surface area contributed by atoms with Gasteiger partial charge in [0.2, 0.25) is 0 Å². The second kappa shape index (κ2) is 2.97. The van der Waals surface area contributed by atoms with Gasteiger partial charge in [-0.15, -0.1) is 0 Å². The van der Waals surface area contributed by atoms with E-state index in [9.17, 15) is 0 Å². The van der Waals surface area contributed by atoms with Crippen LogP contribution in [-0.2, 0) is 10.8 Å². The van der Waals surface area contributed by atoms with Gasteiger partial charge in [0.1, 0.15) is 0 Å². The van der Waals surface area contributed by atoms with Gasteiger partial charge < -0.3 is 0 Å². The summed E-state index contributed by atoms with van der Waals surface area (Å²) in [4.78, 5) is 0. The fraction of sp³-hybridized carbons (Fsp3) is 0.364. The van der Waals surface area contributed by atoms with Crippen molar-refractivity contribution in [1.29, 1.82) is 0 Å². The number of hydrogen-bond acceptors (Lipinski definition) is 0. The molecule has 22 heavy (non-hydrogen) atoms. The summed E-state index contributed by atoms with van der Waals surface area (Å²) in [5.74, 6) is 3.11. The van der Waals surface area contributed by atoms with Crippen molar-refractivity contribution in [2.45, 2.75) is 35.5 Å². The van der Waals surface area contributed by atoms with E-state index in [4.69, 9.17) is 0 Å². The molecule has 2 aromatic rings. The van der Waals surface area contributed by atoms with E-state index in [1.807, 2.05) is 0 Å². The van der Waals surface area contributed by atoms with Crippen molar-refractivity contribution in [2.24, 2.45) is 11.8 Å². The highest BCUT2D eigenvalue weighted by atomic mass is 14.8. The molecule has 2 saturated carbocycles. The Morgan fingerprint density at radius 3 is 1.68 bits per heavy atom. The Balaban J connectivity index is 1.65. The summed E-state index contributed by atoms with van der Waals surface area (Å²) in [6.07, 6.45) is 7.93. The lowest BCUT2D eigenvalue weighted by atomic mass is 9.38. The minimum atomic E-state index is 0.446. The first kappa shape index (κ1) is 10.8. The van der Waals surface area contributed by atoms with Crippen LogP contribution >= 0.6 is 0 Å². The highest BCUT2D eigenvalue weighted by Gasteiger charge is 2.83. The van der Waals surface area contributed by atoms with Crippen molar-refractivity contribution in [3.05, 3.63) is 82.9 Å². The lowest BCUT2D eigenvalue weighted by molar-refractivity contribution is 0.135. The van der Waals surface area contributed by atoms with Gasteiger partial charge in [0, 0.05) is 10.8 Å². The van der Waals surface area contributed by atoms with E-state index in [0.717, 1.165) is 23.7 Å². The van der Waals surface area contributed by atoms with Gasteiger partial charge in [0.15, 0.2) is 0 Å². The average Bonchev–Trinajstić information content (AvgIpc) is 3.27. The van der Waals surface area contributed by atoms with Crippen LogP contribution in [0.4, 0.5) is 0 Å². The maximum atomic E-state index is 2.57. The van der Waals surface area contributed by atoms with Crippen molar-refractivity contribution in [1.82, 2.24) is 0 Å². The van der Waals surface area contributed by atoms with E-state index in [1.54, 1.807) is 22.3 Å². The molecule has 0 aromatic heterocycles. The molecule has 2 aromatic carbocycles. The van der Waals surface area contributed by atoms with Gasteiger partial charge >= 0.3 is 0 Å². The molecular formula is C22H18. The SMILES string of the molecule is C1=C[C@H]2C[C@H]1[C@@]13c4ccccc4[C@@]21[C@@H]1C[C@@H]3c2ccccc21. The molecule has 2 fully saturated rings. The Hall–Kier alpha value is -1.82. The lowest BCUT2D eigenvalue weighted by Crippen LogP contribution is -2.62. The number of allylic oxidation sites excluding steroid dienone is 2. The third kappa shape index (κ3) is 0.722. The number of benzene rings is 2. The van der Waals surface area contributed by atoms with Gasteiger partial charge in [0.05, 0.1) is 0 Å². The van der Waals surface area contributed by atoms with Crippen LogP contribution in [0.1, 0.15) is 46.9 Å². The van der Waals surface area contributed by atoms with E-state index in [2.05, 4.69) is 60.7 Å². The summed E-state index contributed by atoms with van der Waals surface area (Å²) in [6.45, 7) is 0. The van der Waals surface area contributed by atoms with E-state index < -0.39 is 0 Å². The molecule has 0 amide bonds. The smallest absolute Gasteiger partial charge is 0.0196 e. The molecule has 0 nitrogen and oxygen atoms in total. The monoisotopic (exact) mass is 282 g/mol. The van der Waals surface area contributed by atoms with Crippen LogP contribution in [0.5, 0.6) is 0 Å². The van der Waals surface area contributed by atoms with Crippen LogP contribution in [0.15, 0.2) is 60.7 Å². The van der Waals surface area contributed by atoms with E-state index >= 15 is 0 Å². The first-order valence-electron chi connectivity index (χ1n) is 8.77. The Morgan fingerprint density at radius 2 is 1.14 bits per heavy atom. The van der Waals surface area contributed by atoms with Crippen molar-refractivity contribution >= 4 is 0 Å². The Kier molecular flexibility index (Phi) is 1.46. The van der Waals surface area contributed by atoms with Crippen LogP contribution in [0.3, 0.4) is 0 Å². The average molecular weight is 282 g/mol. The van der Waals surface area contributed by atoms with Gasteiger partial charge in [0.25, 0.3) is 0 Å². The molecule has 0 heteroatoms. The predicted molar refractivity (Wildman–Crippen MR) is 87.1 cm³/mol. The van der Waals surface area contributed by atoms with Crippen LogP contribution in [-0.4, -0.2) is 0 Å². The fourth-order valence-corrected chi connectivity index (χ4v) is 7.94. The summed E-state index contributed by atoms with van der Waals surface area (Å²) in [7, 11) is 0. The zero-order chi connectivity index (χ0) is 14.1. The van der Waals surface area contributed by atoms with Crippen LogP contribution in [0.25, 0.3) is 0 Å². The van der Waals surface area contributed by atoms with Crippen molar-refractivity contribution in [3.63, 3.8) is 0 Å². The molecule has 0 saturated heterocycles. The number of hydrogen-bond donors (Lipinski definition) is 0. The molecular weight excluding hydrogens is 264 g/mol. The van der Waals surface area contributed by atoms with Crippen LogP contribution in [0, 0.1) is 11.8 Å². The second-order valence-corrected chi connectivity index (χ2v) is 8.09. The largest absolute Gasteiger partial charge is 0.0841 e. The molecule has 4 bridgehead atoms. The number of fused-ring (bicyclic) bond motifs is 8.